The van der Waals surface area contributed by atoms with Crippen LogP contribution in [0.2, 0.25) is 5.15 Å². The van der Waals surface area contributed by atoms with Gasteiger partial charge >= 0.3 is 0 Å². The first kappa shape index (κ1) is 22.8. The van der Waals surface area contributed by atoms with E-state index in [0.717, 1.165) is 51.3 Å². The van der Waals surface area contributed by atoms with Crippen LogP contribution in [0.25, 0.3) is 0 Å². The Balaban J connectivity index is 1.77. The van der Waals surface area contributed by atoms with Crippen molar-refractivity contribution in [1.82, 2.24) is 19.9 Å². The maximum Gasteiger partial charge on any atom is 0.231 e. The second kappa shape index (κ2) is 8.99. The summed E-state index contributed by atoms with van der Waals surface area (Å²) in [6.07, 6.45) is 0.963. The molecule has 178 valence electrons. The van der Waals surface area contributed by atoms with Gasteiger partial charge in [0.25, 0.3) is 0 Å². The zero-order valence-electron chi connectivity index (χ0n) is 19.7. The van der Waals surface area contributed by atoms with Crippen molar-refractivity contribution in [2.75, 3.05) is 56.6 Å². The van der Waals surface area contributed by atoms with Gasteiger partial charge in [-0.05, 0) is 35.9 Å². The van der Waals surface area contributed by atoms with Gasteiger partial charge in [-0.25, -0.2) is 15.0 Å². The molecule has 0 bridgehead atoms. The molecule has 0 saturated heterocycles. The molecule has 34 heavy (non-hydrogen) atoms. The maximum absolute atomic E-state index is 6.84. The molecule has 0 aliphatic carbocycles. The molecule has 1 aromatic carbocycles. The van der Waals surface area contributed by atoms with E-state index in [0.29, 0.717) is 22.8 Å². The number of nitrogens with zero attached hydrogens (tertiary/aromatic N) is 6. The zero-order chi connectivity index (χ0) is 24.0. The van der Waals surface area contributed by atoms with Crippen LogP contribution in [0.3, 0.4) is 0 Å². The van der Waals surface area contributed by atoms with Gasteiger partial charge in [0.2, 0.25) is 18.7 Å². The lowest BCUT2D eigenvalue weighted by atomic mass is 9.86. The summed E-state index contributed by atoms with van der Waals surface area (Å²) in [7, 11) is 7.67. The van der Waals surface area contributed by atoms with E-state index in [9.17, 15) is 0 Å². The van der Waals surface area contributed by atoms with Gasteiger partial charge in [0.15, 0.2) is 11.5 Å². The highest BCUT2D eigenvalue weighted by Gasteiger charge is 2.37. The van der Waals surface area contributed by atoms with Crippen molar-refractivity contribution < 1.29 is 9.47 Å². The van der Waals surface area contributed by atoms with Gasteiger partial charge in [0.1, 0.15) is 21.0 Å². The Morgan fingerprint density at radius 3 is 2.35 bits per heavy atom. The Labute approximate surface area is 207 Å². The standard InChI is InChI=1S/C23H26ClN7O2S/c1-6-9-25-19-17-15(12-7-8-13-14(10-12)33-11-32-13)16-18(24)26-22(30(2)3)28-20(16)34-21(17)29-23(27-19)31(4)5/h7-8,10,15H,6,9,11H2,1-5H3,(H,25,27,29). The number of halogens is 1. The minimum absolute atomic E-state index is 0.209. The summed E-state index contributed by atoms with van der Waals surface area (Å²) in [5.41, 5.74) is 2.78. The third-order valence-corrected chi connectivity index (χ3v) is 6.89. The summed E-state index contributed by atoms with van der Waals surface area (Å²) >= 11 is 8.34. The van der Waals surface area contributed by atoms with Crippen molar-refractivity contribution >= 4 is 41.1 Å². The topological polar surface area (TPSA) is 88.5 Å². The van der Waals surface area contributed by atoms with E-state index in [2.05, 4.69) is 17.2 Å². The lowest BCUT2D eigenvalue weighted by molar-refractivity contribution is 0.174. The van der Waals surface area contributed by atoms with Gasteiger partial charge in [0.05, 0.1) is 0 Å². The fourth-order valence-corrected chi connectivity index (χ4v) is 5.37. The molecule has 0 amide bonds. The van der Waals surface area contributed by atoms with Crippen molar-refractivity contribution in [2.24, 2.45) is 0 Å². The zero-order valence-corrected chi connectivity index (χ0v) is 21.3. The third-order valence-electron chi connectivity index (χ3n) is 5.59. The predicted octanol–water partition coefficient (Wildman–Crippen LogP) is 4.25. The summed E-state index contributed by atoms with van der Waals surface area (Å²) in [4.78, 5) is 22.9. The van der Waals surface area contributed by atoms with Gasteiger partial charge in [-0.2, -0.15) is 4.98 Å². The fourth-order valence-electron chi connectivity index (χ4n) is 3.95. The molecular formula is C23H26ClN7O2S. The molecule has 2 aliphatic rings. The second-order valence-electron chi connectivity index (χ2n) is 8.49. The van der Waals surface area contributed by atoms with Crippen LogP contribution in [0, 0.1) is 0 Å². The molecule has 1 unspecified atom stereocenters. The Morgan fingerprint density at radius 1 is 0.971 bits per heavy atom. The molecule has 3 aromatic rings. The predicted molar refractivity (Wildman–Crippen MR) is 134 cm³/mol. The van der Waals surface area contributed by atoms with Crippen LogP contribution >= 0.6 is 23.4 Å². The number of aromatic nitrogens is 4. The number of nitrogens with one attached hydrogen (secondary N) is 1. The van der Waals surface area contributed by atoms with Crippen LogP contribution in [0.15, 0.2) is 28.3 Å². The SMILES string of the molecule is CCCNc1nc(N(C)C)nc2c1C(c1ccc3c(c1)OCO3)c1c(Cl)nc(N(C)C)nc1S2. The second-order valence-corrected chi connectivity index (χ2v) is 9.82. The average molecular weight is 500 g/mol. The van der Waals surface area contributed by atoms with E-state index in [1.165, 1.54) is 11.8 Å². The Bertz CT molecular complexity index is 1250. The molecule has 0 saturated carbocycles. The molecule has 0 spiro atoms. The highest BCUT2D eigenvalue weighted by atomic mass is 35.5. The maximum atomic E-state index is 6.84. The van der Waals surface area contributed by atoms with Crippen LogP contribution in [0.5, 0.6) is 11.5 Å². The largest absolute Gasteiger partial charge is 0.454 e. The third kappa shape index (κ3) is 3.94. The summed E-state index contributed by atoms with van der Waals surface area (Å²) in [6.45, 7) is 3.12. The molecule has 11 heteroatoms. The minimum atomic E-state index is -0.278. The Kier molecular flexibility index (Phi) is 6.03. The highest BCUT2D eigenvalue weighted by molar-refractivity contribution is 7.99. The van der Waals surface area contributed by atoms with E-state index in [-0.39, 0.29) is 12.7 Å². The molecule has 1 N–H and O–H groups in total. The molecule has 4 heterocycles. The van der Waals surface area contributed by atoms with Gasteiger partial charge in [0, 0.05) is 51.8 Å². The van der Waals surface area contributed by atoms with Crippen molar-refractivity contribution in [1.29, 1.82) is 0 Å². The summed E-state index contributed by atoms with van der Waals surface area (Å²) in [5.74, 6) is 3.11. The summed E-state index contributed by atoms with van der Waals surface area (Å²) in [5, 5.41) is 5.54. The smallest absolute Gasteiger partial charge is 0.231 e. The Hall–Kier alpha value is -2.98. The normalized spacial score (nSPS) is 15.5. The van der Waals surface area contributed by atoms with E-state index in [1.54, 1.807) is 0 Å². The molecule has 1 atom stereocenters. The number of hydrogen-bond donors (Lipinski definition) is 1. The van der Waals surface area contributed by atoms with Crippen molar-refractivity contribution in [3.05, 3.63) is 40.0 Å². The van der Waals surface area contributed by atoms with Gasteiger partial charge in [-0.1, -0.05) is 24.6 Å². The lowest BCUT2D eigenvalue weighted by Gasteiger charge is -2.30. The first-order chi connectivity index (χ1) is 16.4. The lowest BCUT2D eigenvalue weighted by Crippen LogP contribution is -2.22. The van der Waals surface area contributed by atoms with Crippen LogP contribution in [-0.2, 0) is 0 Å². The number of anilines is 3. The number of ether oxygens (including phenoxy) is 2. The number of rotatable bonds is 6. The first-order valence-corrected chi connectivity index (χ1v) is 12.2. The fraction of sp³-hybridized carbons (Fsp3) is 0.391. The number of benzene rings is 1. The van der Waals surface area contributed by atoms with Crippen LogP contribution in [0.1, 0.15) is 36.0 Å². The molecule has 5 rings (SSSR count). The molecule has 2 aromatic heterocycles. The van der Waals surface area contributed by atoms with Crippen molar-refractivity contribution in [3.63, 3.8) is 0 Å². The van der Waals surface area contributed by atoms with Gasteiger partial charge < -0.3 is 24.6 Å². The molecule has 0 fully saturated rings. The highest BCUT2D eigenvalue weighted by Crippen LogP contribution is 2.52. The van der Waals surface area contributed by atoms with Crippen molar-refractivity contribution in [2.45, 2.75) is 29.3 Å². The molecular weight excluding hydrogens is 474 g/mol. The number of hydrogen-bond acceptors (Lipinski definition) is 10. The Morgan fingerprint density at radius 2 is 1.65 bits per heavy atom. The van der Waals surface area contributed by atoms with Gasteiger partial charge in [-0.15, -0.1) is 0 Å². The monoisotopic (exact) mass is 499 g/mol. The summed E-state index contributed by atoms with van der Waals surface area (Å²) < 4.78 is 11.2. The molecule has 9 nitrogen and oxygen atoms in total. The van der Waals surface area contributed by atoms with Crippen LogP contribution in [0.4, 0.5) is 17.7 Å². The van der Waals surface area contributed by atoms with E-state index in [4.69, 9.17) is 36.0 Å². The van der Waals surface area contributed by atoms with Crippen LogP contribution < -0.4 is 24.6 Å². The van der Waals surface area contributed by atoms with E-state index < -0.39 is 0 Å². The summed E-state index contributed by atoms with van der Waals surface area (Å²) in [6, 6.07) is 5.95. The van der Waals surface area contributed by atoms with Crippen LogP contribution in [-0.4, -0.2) is 61.5 Å². The quantitative estimate of drug-likeness (QED) is 0.388. The minimum Gasteiger partial charge on any atom is -0.454 e. The van der Waals surface area contributed by atoms with E-state index in [1.807, 2.05) is 56.2 Å². The average Bonchev–Trinajstić information content (AvgIpc) is 3.28. The first-order valence-electron chi connectivity index (χ1n) is 11.0. The molecule has 0 radical (unpaired) electrons. The van der Waals surface area contributed by atoms with Crippen molar-refractivity contribution in [3.8, 4) is 11.5 Å². The van der Waals surface area contributed by atoms with Gasteiger partial charge in [-0.3, -0.25) is 0 Å². The number of fused-ring (bicyclic) bond motifs is 3. The molecule has 2 aliphatic heterocycles. The van der Waals surface area contributed by atoms with E-state index >= 15 is 0 Å².